The van der Waals surface area contributed by atoms with E-state index >= 15 is 0 Å². The highest BCUT2D eigenvalue weighted by atomic mass is 19.1. The van der Waals surface area contributed by atoms with E-state index in [0.29, 0.717) is 37.7 Å². The Kier molecular flexibility index (Phi) is 3.94. The SMILES string of the molecule is O/N=C/Nc1ccc(N2CCC3(CC2)OCCO3)c(F)c1. The molecule has 1 aromatic carbocycles. The number of hydrogen-bond donors (Lipinski definition) is 2. The zero-order valence-corrected chi connectivity index (χ0v) is 11.6. The maximum atomic E-state index is 14.2. The van der Waals surface area contributed by atoms with Gasteiger partial charge in [0, 0.05) is 31.6 Å². The predicted molar refractivity (Wildman–Crippen MR) is 76.4 cm³/mol. The molecule has 1 spiro atoms. The molecule has 0 aromatic heterocycles. The van der Waals surface area contributed by atoms with Crippen LogP contribution in [-0.4, -0.2) is 43.6 Å². The van der Waals surface area contributed by atoms with Crippen LogP contribution in [0.3, 0.4) is 0 Å². The van der Waals surface area contributed by atoms with Gasteiger partial charge >= 0.3 is 0 Å². The average molecular weight is 295 g/mol. The minimum atomic E-state index is -0.452. The molecule has 7 heteroatoms. The van der Waals surface area contributed by atoms with E-state index in [0.717, 1.165) is 19.2 Å². The lowest BCUT2D eigenvalue weighted by atomic mass is 10.0. The lowest BCUT2D eigenvalue weighted by molar-refractivity contribution is -0.169. The molecule has 0 atom stereocenters. The van der Waals surface area contributed by atoms with Gasteiger partial charge in [-0.1, -0.05) is 5.16 Å². The molecule has 2 fully saturated rings. The summed E-state index contributed by atoms with van der Waals surface area (Å²) in [5.74, 6) is -0.762. The monoisotopic (exact) mass is 295 g/mol. The number of oxime groups is 1. The van der Waals surface area contributed by atoms with E-state index in [4.69, 9.17) is 14.7 Å². The highest BCUT2D eigenvalue weighted by Gasteiger charge is 2.40. The van der Waals surface area contributed by atoms with E-state index in [2.05, 4.69) is 10.5 Å². The summed E-state index contributed by atoms with van der Waals surface area (Å²) in [7, 11) is 0. The molecule has 1 aromatic rings. The fourth-order valence-corrected chi connectivity index (χ4v) is 2.83. The molecular weight excluding hydrogens is 277 g/mol. The van der Waals surface area contributed by atoms with Gasteiger partial charge < -0.3 is 24.9 Å². The fourth-order valence-electron chi connectivity index (χ4n) is 2.83. The molecule has 2 aliphatic rings. The first-order valence-electron chi connectivity index (χ1n) is 6.97. The first kappa shape index (κ1) is 14.1. The van der Waals surface area contributed by atoms with Crippen LogP contribution in [0.25, 0.3) is 0 Å². The number of anilines is 2. The standard InChI is InChI=1S/C14H18FN3O3/c15-12-9-11(16-10-17-19)1-2-13(12)18-5-3-14(4-6-18)20-7-8-21-14/h1-2,9-10,19H,3-8H2,(H,16,17). The van der Waals surface area contributed by atoms with Gasteiger partial charge in [0.15, 0.2) is 5.79 Å². The summed E-state index contributed by atoms with van der Waals surface area (Å²) in [6, 6.07) is 4.84. The van der Waals surface area contributed by atoms with E-state index in [1.165, 1.54) is 6.07 Å². The van der Waals surface area contributed by atoms with Crippen molar-refractivity contribution >= 4 is 17.7 Å². The van der Waals surface area contributed by atoms with Crippen molar-refractivity contribution in [3.63, 3.8) is 0 Å². The summed E-state index contributed by atoms with van der Waals surface area (Å²) < 4.78 is 25.5. The molecular formula is C14H18FN3O3. The van der Waals surface area contributed by atoms with E-state index in [-0.39, 0.29) is 5.82 Å². The third kappa shape index (κ3) is 2.93. The minimum Gasteiger partial charge on any atom is -0.410 e. The normalized spacial score (nSPS) is 21.3. The quantitative estimate of drug-likeness (QED) is 0.386. The number of piperidine rings is 1. The van der Waals surface area contributed by atoms with Crippen LogP contribution < -0.4 is 10.2 Å². The lowest BCUT2D eigenvalue weighted by Gasteiger charge is -2.38. The number of nitrogens with one attached hydrogen (secondary N) is 1. The van der Waals surface area contributed by atoms with Crippen molar-refractivity contribution < 1.29 is 19.1 Å². The van der Waals surface area contributed by atoms with Gasteiger partial charge in [-0.25, -0.2) is 4.39 Å². The van der Waals surface area contributed by atoms with Crippen LogP contribution in [0, 0.1) is 5.82 Å². The Hall–Kier alpha value is -1.86. The van der Waals surface area contributed by atoms with Crippen LogP contribution in [0.5, 0.6) is 0 Å². The van der Waals surface area contributed by atoms with Crippen molar-refractivity contribution in [3.8, 4) is 0 Å². The Morgan fingerprint density at radius 3 is 2.62 bits per heavy atom. The van der Waals surface area contributed by atoms with Crippen LogP contribution in [0.4, 0.5) is 15.8 Å². The van der Waals surface area contributed by atoms with E-state index in [1.54, 1.807) is 12.1 Å². The summed E-state index contributed by atoms with van der Waals surface area (Å²) in [4.78, 5) is 2.00. The van der Waals surface area contributed by atoms with Crippen molar-refractivity contribution in [1.82, 2.24) is 0 Å². The first-order valence-corrected chi connectivity index (χ1v) is 6.97. The molecule has 0 bridgehead atoms. The highest BCUT2D eigenvalue weighted by Crippen LogP contribution is 2.34. The van der Waals surface area contributed by atoms with Crippen molar-refractivity contribution in [2.24, 2.45) is 5.16 Å². The maximum absolute atomic E-state index is 14.2. The first-order chi connectivity index (χ1) is 10.2. The summed E-state index contributed by atoms with van der Waals surface area (Å²) in [6.45, 7) is 2.67. The van der Waals surface area contributed by atoms with E-state index < -0.39 is 5.79 Å². The molecule has 114 valence electrons. The number of nitrogens with zero attached hydrogens (tertiary/aromatic N) is 2. The third-order valence-electron chi connectivity index (χ3n) is 3.92. The van der Waals surface area contributed by atoms with Crippen molar-refractivity contribution in [2.45, 2.75) is 18.6 Å². The van der Waals surface area contributed by atoms with Crippen molar-refractivity contribution in [1.29, 1.82) is 0 Å². The van der Waals surface area contributed by atoms with Crippen molar-refractivity contribution in [3.05, 3.63) is 24.0 Å². The molecule has 2 N–H and O–H groups in total. The topological polar surface area (TPSA) is 66.3 Å². The van der Waals surface area contributed by atoms with Gasteiger partial charge in [-0.3, -0.25) is 0 Å². The molecule has 6 nitrogen and oxygen atoms in total. The Balaban J connectivity index is 1.67. The molecule has 2 saturated heterocycles. The Morgan fingerprint density at radius 1 is 1.29 bits per heavy atom. The number of hydrogen-bond acceptors (Lipinski definition) is 5. The van der Waals surface area contributed by atoms with Crippen LogP contribution in [0.2, 0.25) is 0 Å². The summed E-state index contributed by atoms with van der Waals surface area (Å²) >= 11 is 0. The fraction of sp³-hybridized carbons (Fsp3) is 0.500. The smallest absolute Gasteiger partial charge is 0.171 e. The molecule has 0 unspecified atom stereocenters. The van der Waals surface area contributed by atoms with Gasteiger partial charge in [-0.2, -0.15) is 0 Å². The predicted octanol–water partition coefficient (Wildman–Crippen LogP) is 2.00. The highest BCUT2D eigenvalue weighted by molar-refractivity contribution is 5.75. The Morgan fingerprint density at radius 2 is 2.00 bits per heavy atom. The van der Waals surface area contributed by atoms with Gasteiger partial charge in [-0.15, -0.1) is 0 Å². The lowest BCUT2D eigenvalue weighted by Crippen LogP contribution is -2.45. The second-order valence-electron chi connectivity index (χ2n) is 5.15. The Bertz CT molecular complexity index is 522. The molecule has 2 heterocycles. The average Bonchev–Trinajstić information content (AvgIpc) is 2.95. The van der Waals surface area contributed by atoms with Gasteiger partial charge in [0.1, 0.15) is 12.2 Å². The van der Waals surface area contributed by atoms with Crippen LogP contribution >= 0.6 is 0 Å². The van der Waals surface area contributed by atoms with E-state index in [1.807, 2.05) is 4.90 Å². The largest absolute Gasteiger partial charge is 0.410 e. The van der Waals surface area contributed by atoms with Crippen LogP contribution in [-0.2, 0) is 9.47 Å². The zero-order chi connectivity index (χ0) is 14.7. The second kappa shape index (κ2) is 5.87. The Labute approximate surface area is 122 Å². The molecule has 21 heavy (non-hydrogen) atoms. The number of halogens is 1. The van der Waals surface area contributed by atoms with Gasteiger partial charge in [0.2, 0.25) is 0 Å². The van der Waals surface area contributed by atoms with E-state index in [9.17, 15) is 4.39 Å². The number of rotatable bonds is 3. The minimum absolute atomic E-state index is 0.310. The van der Waals surface area contributed by atoms with Crippen LogP contribution in [0.15, 0.2) is 23.4 Å². The number of benzene rings is 1. The summed E-state index contributed by atoms with van der Waals surface area (Å²) in [6.07, 6.45) is 2.57. The summed E-state index contributed by atoms with van der Waals surface area (Å²) in [5, 5.41) is 13.8. The summed E-state index contributed by atoms with van der Waals surface area (Å²) in [5.41, 5.74) is 1.10. The third-order valence-corrected chi connectivity index (χ3v) is 3.92. The molecule has 0 radical (unpaired) electrons. The molecule has 2 aliphatic heterocycles. The maximum Gasteiger partial charge on any atom is 0.171 e. The van der Waals surface area contributed by atoms with Gasteiger partial charge in [-0.05, 0) is 18.2 Å². The molecule has 0 saturated carbocycles. The van der Waals surface area contributed by atoms with Gasteiger partial charge in [0.05, 0.1) is 18.9 Å². The molecule has 3 rings (SSSR count). The molecule has 0 aliphatic carbocycles. The zero-order valence-electron chi connectivity index (χ0n) is 11.6. The molecule has 0 amide bonds. The van der Waals surface area contributed by atoms with Crippen LogP contribution in [0.1, 0.15) is 12.8 Å². The van der Waals surface area contributed by atoms with Crippen molar-refractivity contribution in [2.75, 3.05) is 36.5 Å². The number of ether oxygens (including phenoxy) is 2. The second-order valence-corrected chi connectivity index (χ2v) is 5.15. The van der Waals surface area contributed by atoms with Gasteiger partial charge in [0.25, 0.3) is 0 Å².